The number of hydrogen-bond acceptors (Lipinski definition) is 3. The summed E-state index contributed by atoms with van der Waals surface area (Å²) >= 11 is 0. The minimum absolute atomic E-state index is 0.0660. The standard InChI is InChI=1S/C16H26N2O3/c1-2-6-16(15(20)21)7-8-18(10-16)14(19)13-12-5-3-4-11(12)9-17-13/h11-13,17H,2-10H2,1H3,(H,20,21). The molecule has 5 nitrogen and oxygen atoms in total. The number of nitrogens with zero attached hydrogens (tertiary/aromatic N) is 1. The third-order valence-corrected chi connectivity index (χ3v) is 5.86. The van der Waals surface area contributed by atoms with Crippen molar-refractivity contribution >= 4 is 11.9 Å². The highest BCUT2D eigenvalue weighted by Crippen LogP contribution is 2.40. The van der Waals surface area contributed by atoms with Gasteiger partial charge in [-0.1, -0.05) is 19.8 Å². The molecule has 0 aromatic rings. The molecular formula is C16H26N2O3. The van der Waals surface area contributed by atoms with Crippen molar-refractivity contribution in [2.75, 3.05) is 19.6 Å². The molecular weight excluding hydrogens is 268 g/mol. The number of fused-ring (bicyclic) bond motifs is 1. The van der Waals surface area contributed by atoms with Crippen molar-refractivity contribution in [1.29, 1.82) is 0 Å². The Bertz CT molecular complexity index is 439. The van der Waals surface area contributed by atoms with E-state index in [0.717, 1.165) is 19.4 Å². The molecule has 2 N–H and O–H groups in total. The molecule has 0 aromatic carbocycles. The molecule has 3 fully saturated rings. The van der Waals surface area contributed by atoms with Crippen LogP contribution in [0.15, 0.2) is 0 Å². The Morgan fingerprint density at radius 3 is 2.90 bits per heavy atom. The normalized spacial score (nSPS) is 38.7. The first kappa shape index (κ1) is 14.8. The molecule has 0 radical (unpaired) electrons. The smallest absolute Gasteiger partial charge is 0.311 e. The van der Waals surface area contributed by atoms with Crippen LogP contribution in [0.25, 0.3) is 0 Å². The van der Waals surface area contributed by atoms with E-state index < -0.39 is 11.4 Å². The van der Waals surface area contributed by atoms with Crippen molar-refractivity contribution in [2.45, 2.75) is 51.5 Å². The Hall–Kier alpha value is -1.10. The lowest BCUT2D eigenvalue weighted by Crippen LogP contribution is -2.46. The van der Waals surface area contributed by atoms with Crippen LogP contribution in [0, 0.1) is 17.3 Å². The molecule has 0 bridgehead atoms. The van der Waals surface area contributed by atoms with E-state index in [1.165, 1.54) is 12.8 Å². The monoisotopic (exact) mass is 294 g/mol. The van der Waals surface area contributed by atoms with Crippen LogP contribution in [0.5, 0.6) is 0 Å². The first-order chi connectivity index (χ1) is 10.1. The molecule has 118 valence electrons. The van der Waals surface area contributed by atoms with Gasteiger partial charge in [-0.15, -0.1) is 0 Å². The molecule has 4 unspecified atom stereocenters. The fourth-order valence-corrected chi connectivity index (χ4v) is 4.68. The fraction of sp³-hybridized carbons (Fsp3) is 0.875. The van der Waals surface area contributed by atoms with Crippen molar-refractivity contribution in [2.24, 2.45) is 17.3 Å². The van der Waals surface area contributed by atoms with Gasteiger partial charge in [-0.05, 0) is 44.1 Å². The molecule has 2 aliphatic heterocycles. The lowest BCUT2D eigenvalue weighted by Gasteiger charge is -2.27. The van der Waals surface area contributed by atoms with E-state index in [-0.39, 0.29) is 11.9 Å². The molecule has 1 amide bonds. The second-order valence-electron chi connectivity index (χ2n) is 7.09. The highest BCUT2D eigenvalue weighted by atomic mass is 16.4. The van der Waals surface area contributed by atoms with Crippen molar-refractivity contribution in [3.05, 3.63) is 0 Å². The van der Waals surface area contributed by atoms with E-state index in [4.69, 9.17) is 0 Å². The summed E-state index contributed by atoms with van der Waals surface area (Å²) in [6, 6.07) is -0.0660. The summed E-state index contributed by atoms with van der Waals surface area (Å²) in [6.45, 7) is 3.95. The lowest BCUT2D eigenvalue weighted by molar-refractivity contribution is -0.149. The summed E-state index contributed by atoms with van der Waals surface area (Å²) in [5.41, 5.74) is -0.710. The zero-order chi connectivity index (χ0) is 15.0. The number of carboxylic acids is 1. The zero-order valence-electron chi connectivity index (χ0n) is 12.8. The number of carbonyl (C=O) groups is 2. The highest BCUT2D eigenvalue weighted by molar-refractivity contribution is 5.85. The van der Waals surface area contributed by atoms with E-state index in [2.05, 4.69) is 5.32 Å². The molecule has 4 atom stereocenters. The zero-order valence-corrected chi connectivity index (χ0v) is 12.8. The van der Waals surface area contributed by atoms with Gasteiger partial charge in [0.05, 0.1) is 11.5 Å². The number of amides is 1. The fourth-order valence-electron chi connectivity index (χ4n) is 4.68. The number of carboxylic acid groups (broad SMARTS) is 1. The van der Waals surface area contributed by atoms with Crippen molar-refractivity contribution in [3.63, 3.8) is 0 Å². The first-order valence-electron chi connectivity index (χ1n) is 8.33. The van der Waals surface area contributed by atoms with Gasteiger partial charge >= 0.3 is 5.97 Å². The highest BCUT2D eigenvalue weighted by Gasteiger charge is 2.49. The van der Waals surface area contributed by atoms with Crippen LogP contribution < -0.4 is 5.32 Å². The van der Waals surface area contributed by atoms with Gasteiger partial charge in [0.25, 0.3) is 0 Å². The minimum atomic E-state index is -0.738. The molecule has 0 spiro atoms. The van der Waals surface area contributed by atoms with Crippen LogP contribution >= 0.6 is 0 Å². The molecule has 21 heavy (non-hydrogen) atoms. The average Bonchev–Trinajstić information content (AvgIpc) is 3.13. The first-order valence-corrected chi connectivity index (χ1v) is 8.33. The third kappa shape index (κ3) is 2.45. The summed E-state index contributed by atoms with van der Waals surface area (Å²) < 4.78 is 0. The second-order valence-corrected chi connectivity index (χ2v) is 7.09. The van der Waals surface area contributed by atoms with Crippen LogP contribution in [0.3, 0.4) is 0 Å². The number of aliphatic carboxylic acids is 1. The van der Waals surface area contributed by atoms with Gasteiger partial charge in [0, 0.05) is 13.1 Å². The van der Waals surface area contributed by atoms with Crippen LogP contribution in [0.2, 0.25) is 0 Å². The van der Waals surface area contributed by atoms with Crippen LogP contribution in [0.4, 0.5) is 0 Å². The van der Waals surface area contributed by atoms with Crippen molar-refractivity contribution in [1.82, 2.24) is 10.2 Å². The largest absolute Gasteiger partial charge is 0.481 e. The summed E-state index contributed by atoms with van der Waals surface area (Å²) in [5.74, 6) is 0.534. The van der Waals surface area contributed by atoms with Gasteiger partial charge in [0.15, 0.2) is 0 Å². The van der Waals surface area contributed by atoms with Gasteiger partial charge in [0.1, 0.15) is 0 Å². The average molecular weight is 294 g/mol. The van der Waals surface area contributed by atoms with Gasteiger partial charge < -0.3 is 15.3 Å². The Morgan fingerprint density at radius 1 is 1.38 bits per heavy atom. The Kier molecular flexibility index (Phi) is 3.95. The predicted octanol–water partition coefficient (Wildman–Crippen LogP) is 1.48. The Balaban J connectivity index is 1.68. The lowest BCUT2D eigenvalue weighted by atomic mass is 9.83. The third-order valence-electron chi connectivity index (χ3n) is 5.86. The molecule has 0 aromatic heterocycles. The Labute approximate surface area is 126 Å². The van der Waals surface area contributed by atoms with Crippen LogP contribution in [-0.4, -0.2) is 47.6 Å². The number of hydrogen-bond donors (Lipinski definition) is 2. The molecule has 3 aliphatic rings. The maximum atomic E-state index is 12.8. The number of carbonyl (C=O) groups excluding carboxylic acids is 1. The van der Waals surface area contributed by atoms with Gasteiger partial charge in [-0.25, -0.2) is 0 Å². The number of rotatable bonds is 4. The summed E-state index contributed by atoms with van der Waals surface area (Å²) in [5, 5.41) is 12.9. The summed E-state index contributed by atoms with van der Waals surface area (Å²) in [6.07, 6.45) is 5.71. The summed E-state index contributed by atoms with van der Waals surface area (Å²) in [4.78, 5) is 26.2. The van der Waals surface area contributed by atoms with Gasteiger partial charge in [0.2, 0.25) is 5.91 Å². The predicted molar refractivity (Wildman–Crippen MR) is 78.8 cm³/mol. The van der Waals surface area contributed by atoms with E-state index in [9.17, 15) is 14.7 Å². The molecule has 2 heterocycles. The van der Waals surface area contributed by atoms with Gasteiger partial charge in [-0.2, -0.15) is 0 Å². The van der Waals surface area contributed by atoms with E-state index in [1.54, 1.807) is 0 Å². The second kappa shape index (κ2) is 5.59. The van der Waals surface area contributed by atoms with Crippen LogP contribution in [0.1, 0.15) is 45.4 Å². The quantitative estimate of drug-likeness (QED) is 0.824. The van der Waals surface area contributed by atoms with Crippen molar-refractivity contribution < 1.29 is 14.7 Å². The van der Waals surface area contributed by atoms with Crippen molar-refractivity contribution in [3.8, 4) is 0 Å². The topological polar surface area (TPSA) is 69.6 Å². The summed E-state index contributed by atoms with van der Waals surface area (Å²) in [7, 11) is 0. The molecule has 3 rings (SSSR count). The minimum Gasteiger partial charge on any atom is -0.481 e. The molecule has 1 saturated carbocycles. The van der Waals surface area contributed by atoms with Crippen LogP contribution in [-0.2, 0) is 9.59 Å². The maximum absolute atomic E-state index is 12.8. The van der Waals surface area contributed by atoms with E-state index >= 15 is 0 Å². The molecule has 5 heteroatoms. The van der Waals surface area contributed by atoms with Gasteiger partial charge in [-0.3, -0.25) is 9.59 Å². The van der Waals surface area contributed by atoms with E-state index in [1.807, 2.05) is 11.8 Å². The Morgan fingerprint density at radius 2 is 2.19 bits per heavy atom. The molecule has 1 aliphatic carbocycles. The molecule has 2 saturated heterocycles. The SMILES string of the molecule is CCCC1(C(=O)O)CCN(C(=O)C2NCC3CCCC32)C1. The van der Waals surface area contributed by atoms with E-state index in [0.29, 0.717) is 37.8 Å². The number of nitrogens with one attached hydrogen (secondary N) is 1. The number of likely N-dealkylation sites (tertiary alicyclic amines) is 1. The maximum Gasteiger partial charge on any atom is 0.311 e.